The Labute approximate surface area is 181 Å². The molecule has 0 saturated heterocycles. The van der Waals surface area contributed by atoms with E-state index in [1.54, 1.807) is 11.3 Å². The van der Waals surface area contributed by atoms with Gasteiger partial charge in [0.2, 0.25) is 0 Å². The lowest BCUT2D eigenvalue weighted by atomic mass is 10.0. The molecule has 0 fully saturated rings. The van der Waals surface area contributed by atoms with E-state index >= 15 is 0 Å². The fourth-order valence-corrected chi connectivity index (χ4v) is 6.10. The first kappa shape index (κ1) is 16.7. The molecule has 4 aromatic rings. The summed E-state index contributed by atoms with van der Waals surface area (Å²) in [5, 5.41) is 4.71. The van der Waals surface area contributed by atoms with E-state index in [0.717, 1.165) is 30.5 Å². The van der Waals surface area contributed by atoms with Crippen LogP contribution in [0.2, 0.25) is 0 Å². The zero-order valence-electron chi connectivity index (χ0n) is 14.5. The van der Waals surface area contributed by atoms with E-state index in [9.17, 15) is 0 Å². The van der Waals surface area contributed by atoms with Crippen LogP contribution in [0.3, 0.4) is 0 Å². The van der Waals surface area contributed by atoms with Gasteiger partial charge in [-0.25, -0.2) is 4.98 Å². The van der Waals surface area contributed by atoms with Gasteiger partial charge in [0.15, 0.2) is 0 Å². The Morgan fingerprint density at radius 1 is 0.750 bits per heavy atom. The fourth-order valence-electron chi connectivity index (χ4n) is 3.96. The largest absolute Gasteiger partial charge is 0.353 e. The summed E-state index contributed by atoms with van der Waals surface area (Å²) < 4.78 is 2.10. The molecule has 0 saturated carbocycles. The minimum Gasteiger partial charge on any atom is -0.353 e. The Balaban J connectivity index is 1.91. The van der Waals surface area contributed by atoms with Crippen LogP contribution < -0.4 is 0 Å². The lowest BCUT2D eigenvalue weighted by Gasteiger charge is -2.08. The molecule has 3 aromatic carbocycles. The molecule has 0 spiro atoms. The molecule has 28 heavy (non-hydrogen) atoms. The van der Waals surface area contributed by atoms with Crippen LogP contribution in [0, 0.1) is 0 Å². The second-order valence-corrected chi connectivity index (χ2v) is 9.47. The maximum Gasteiger partial charge on any atom is 0.127 e. The number of fused-ring (bicyclic) bond motifs is 7. The first-order chi connectivity index (χ1) is 13.7. The van der Waals surface area contributed by atoms with Crippen molar-refractivity contribution >= 4 is 75.9 Å². The Kier molecular flexibility index (Phi) is 3.67. The molecule has 0 radical (unpaired) electrons. The van der Waals surface area contributed by atoms with E-state index in [4.69, 9.17) is 4.98 Å². The summed E-state index contributed by atoms with van der Waals surface area (Å²) in [5.41, 5.74) is 5.69. The van der Waals surface area contributed by atoms with E-state index in [-0.39, 0.29) is 0 Å². The number of H-pyrrole nitrogens is 1. The standard InChI is InChI=1S/C23H12Br2N2S/c24-15-10-4-8-13-17-21(26-19(13)15)18-14-9-5-11-16(25)20(14)27-23(18)28-22(17)12-6-2-1-3-7-12/h1-11,26H. The highest BCUT2D eigenvalue weighted by atomic mass is 79.9. The molecule has 2 aliphatic rings. The van der Waals surface area contributed by atoms with Gasteiger partial charge in [0.05, 0.1) is 16.6 Å². The first-order valence-electron chi connectivity index (χ1n) is 8.88. The van der Waals surface area contributed by atoms with Gasteiger partial charge < -0.3 is 4.98 Å². The maximum atomic E-state index is 4.98. The summed E-state index contributed by atoms with van der Waals surface area (Å²) in [6.45, 7) is 0. The number of hydrogen-bond donors (Lipinski definition) is 1. The van der Waals surface area contributed by atoms with Crippen molar-refractivity contribution < 1.29 is 0 Å². The number of nitrogens with zero attached hydrogens (tertiary/aromatic N) is 1. The van der Waals surface area contributed by atoms with Crippen molar-refractivity contribution in [1.29, 1.82) is 0 Å². The Bertz CT molecular complexity index is 1480. The minimum atomic E-state index is 1.01. The van der Waals surface area contributed by atoms with E-state index in [2.05, 4.69) is 104 Å². The zero-order chi connectivity index (χ0) is 18.8. The third kappa shape index (κ3) is 2.27. The van der Waals surface area contributed by atoms with Crippen LogP contribution in [-0.4, -0.2) is 9.97 Å². The second kappa shape index (κ2) is 6.14. The smallest absolute Gasteiger partial charge is 0.127 e. The third-order valence-electron chi connectivity index (χ3n) is 5.18. The number of nitrogens with one attached hydrogen (secondary N) is 1. The summed E-state index contributed by atoms with van der Waals surface area (Å²) in [6, 6.07) is 23.2. The van der Waals surface area contributed by atoms with Crippen LogP contribution in [0.5, 0.6) is 0 Å². The van der Waals surface area contributed by atoms with Crippen LogP contribution in [0.4, 0.5) is 0 Å². The van der Waals surface area contributed by atoms with E-state index in [0.29, 0.717) is 0 Å². The summed E-state index contributed by atoms with van der Waals surface area (Å²) in [5.74, 6) is 0. The molecular weight excluding hydrogens is 496 g/mol. The van der Waals surface area contributed by atoms with Gasteiger partial charge in [-0.3, -0.25) is 0 Å². The third-order valence-corrected chi connectivity index (χ3v) is 7.61. The monoisotopic (exact) mass is 506 g/mol. The molecule has 0 aliphatic carbocycles. The van der Waals surface area contributed by atoms with Crippen molar-refractivity contribution in [3.63, 3.8) is 0 Å². The number of benzene rings is 3. The van der Waals surface area contributed by atoms with Crippen LogP contribution >= 0.6 is 43.2 Å². The minimum absolute atomic E-state index is 1.01. The van der Waals surface area contributed by atoms with Gasteiger partial charge in [0.25, 0.3) is 0 Å². The predicted octanol–water partition coefficient (Wildman–Crippen LogP) is 8.23. The van der Waals surface area contributed by atoms with Gasteiger partial charge in [-0.1, -0.05) is 54.6 Å². The van der Waals surface area contributed by atoms with Crippen molar-refractivity contribution in [2.45, 2.75) is 0 Å². The van der Waals surface area contributed by atoms with Gasteiger partial charge in [0.1, 0.15) is 5.01 Å². The van der Waals surface area contributed by atoms with Crippen LogP contribution in [-0.2, 0) is 0 Å². The van der Waals surface area contributed by atoms with Gasteiger partial charge in [-0.2, -0.15) is 0 Å². The summed E-state index contributed by atoms with van der Waals surface area (Å²) >= 11 is 9.16. The zero-order valence-corrected chi connectivity index (χ0v) is 18.5. The number of aromatic amines is 1. The molecule has 6 rings (SSSR count). The Morgan fingerprint density at radius 2 is 1.50 bits per heavy atom. The number of rotatable bonds is 1. The second-order valence-electron chi connectivity index (χ2n) is 6.76. The molecule has 0 amide bonds. The lowest BCUT2D eigenvalue weighted by Crippen LogP contribution is -1.82. The highest BCUT2D eigenvalue weighted by Gasteiger charge is 2.24. The molecule has 134 valence electrons. The highest BCUT2D eigenvalue weighted by Crippen LogP contribution is 2.49. The quantitative estimate of drug-likeness (QED) is 0.238. The molecule has 0 bridgehead atoms. The SMILES string of the molecule is Brc1cccc2c3c4[nH]c5c(Br)cccc5c4c(-c4ccccc4)sc-3nc12. The average Bonchev–Trinajstić information content (AvgIpc) is 3.28. The maximum absolute atomic E-state index is 4.98. The molecule has 0 unspecified atom stereocenters. The van der Waals surface area contributed by atoms with E-state index in [1.165, 1.54) is 32.2 Å². The summed E-state index contributed by atoms with van der Waals surface area (Å²) in [4.78, 5) is 9.93. The van der Waals surface area contributed by atoms with Gasteiger partial charge in [0, 0.05) is 35.5 Å². The number of para-hydroxylation sites is 2. The van der Waals surface area contributed by atoms with Crippen molar-refractivity contribution in [2.75, 3.05) is 0 Å². The topological polar surface area (TPSA) is 28.7 Å². The Hall–Kier alpha value is -2.21. The average molecular weight is 508 g/mol. The van der Waals surface area contributed by atoms with Crippen LogP contribution in [0.25, 0.3) is 53.7 Å². The van der Waals surface area contributed by atoms with Crippen molar-refractivity contribution in [1.82, 2.24) is 9.97 Å². The molecule has 2 aliphatic heterocycles. The molecule has 0 atom stereocenters. The number of aromatic nitrogens is 2. The van der Waals surface area contributed by atoms with Crippen molar-refractivity contribution in [2.24, 2.45) is 0 Å². The van der Waals surface area contributed by atoms with Gasteiger partial charge in [-0.05, 0) is 49.6 Å². The summed E-state index contributed by atoms with van der Waals surface area (Å²) in [7, 11) is 0. The normalized spacial score (nSPS) is 11.9. The molecule has 1 N–H and O–H groups in total. The first-order valence-corrected chi connectivity index (χ1v) is 11.3. The Morgan fingerprint density at radius 3 is 2.32 bits per heavy atom. The van der Waals surface area contributed by atoms with E-state index < -0.39 is 0 Å². The van der Waals surface area contributed by atoms with Gasteiger partial charge >= 0.3 is 0 Å². The fraction of sp³-hybridized carbons (Fsp3) is 0. The molecular formula is C23H12Br2N2S. The molecule has 5 heteroatoms. The number of hydrogen-bond acceptors (Lipinski definition) is 2. The summed E-state index contributed by atoms with van der Waals surface area (Å²) in [6.07, 6.45) is 0. The lowest BCUT2D eigenvalue weighted by molar-refractivity contribution is 1.49. The highest BCUT2D eigenvalue weighted by molar-refractivity contribution is 9.11. The molecule has 1 aromatic heterocycles. The predicted molar refractivity (Wildman–Crippen MR) is 126 cm³/mol. The van der Waals surface area contributed by atoms with E-state index in [1.807, 2.05) is 0 Å². The van der Waals surface area contributed by atoms with Crippen molar-refractivity contribution in [3.05, 3.63) is 75.7 Å². The molecule has 3 heterocycles. The van der Waals surface area contributed by atoms with Crippen LogP contribution in [0.15, 0.2) is 75.7 Å². The molecule has 2 nitrogen and oxygen atoms in total. The van der Waals surface area contributed by atoms with Crippen LogP contribution in [0.1, 0.15) is 0 Å². The van der Waals surface area contributed by atoms with Crippen molar-refractivity contribution in [3.8, 4) is 21.0 Å². The van der Waals surface area contributed by atoms with Gasteiger partial charge in [-0.15, -0.1) is 11.3 Å². The number of halogens is 2.